The number of hydrogen-bond acceptors (Lipinski definition) is 6. The molecule has 0 fully saturated rings. The molecule has 0 aliphatic rings. The monoisotopic (exact) mass is 489 g/mol. The molecule has 8 heteroatoms. The predicted octanol–water partition coefficient (Wildman–Crippen LogP) is 3.79. The summed E-state index contributed by atoms with van der Waals surface area (Å²) in [4.78, 5) is 29.0. The van der Waals surface area contributed by atoms with Crippen molar-refractivity contribution in [1.82, 2.24) is 14.1 Å². The van der Waals surface area contributed by atoms with Crippen molar-refractivity contribution >= 4 is 16.9 Å². The molecule has 4 aromatic rings. The maximum Gasteiger partial charge on any atom is 0.348 e. The zero-order chi connectivity index (χ0) is 25.8. The lowest BCUT2D eigenvalue weighted by Crippen LogP contribution is -2.33. The molecule has 0 bridgehead atoms. The van der Waals surface area contributed by atoms with Crippen LogP contribution in [0.2, 0.25) is 0 Å². The minimum Gasteiger partial charge on any atom is -0.491 e. The highest BCUT2D eigenvalue weighted by atomic mass is 16.5. The molecule has 0 saturated carbocycles. The molecule has 0 unspecified atom stereocenters. The molecule has 0 spiro atoms. The quantitative estimate of drug-likeness (QED) is 0.360. The SMILES string of the molecule is CCOC(=O)c1c(C)n(Cc2ccccc2)c2ccc(OC[C@H](O)Cn3c(C)cc(C)nc3=O)cc12. The van der Waals surface area contributed by atoms with Crippen LogP contribution in [-0.4, -0.2) is 44.5 Å². The van der Waals surface area contributed by atoms with Crippen molar-refractivity contribution in [3.63, 3.8) is 0 Å². The fourth-order valence-corrected chi connectivity index (χ4v) is 4.43. The molecule has 0 amide bonds. The Morgan fingerprint density at radius 1 is 1.06 bits per heavy atom. The third-order valence-corrected chi connectivity index (χ3v) is 6.14. The Kier molecular flexibility index (Phi) is 7.55. The Morgan fingerprint density at radius 3 is 2.50 bits per heavy atom. The van der Waals surface area contributed by atoms with E-state index in [1.165, 1.54) is 4.57 Å². The molecule has 0 aliphatic heterocycles. The second-order valence-electron chi connectivity index (χ2n) is 8.83. The Morgan fingerprint density at radius 2 is 1.81 bits per heavy atom. The number of rotatable bonds is 9. The van der Waals surface area contributed by atoms with E-state index in [0.717, 1.165) is 27.9 Å². The first kappa shape index (κ1) is 25.2. The summed E-state index contributed by atoms with van der Waals surface area (Å²) < 4.78 is 14.7. The smallest absolute Gasteiger partial charge is 0.348 e. The average Bonchev–Trinajstić information content (AvgIpc) is 3.11. The van der Waals surface area contributed by atoms with Gasteiger partial charge in [-0.3, -0.25) is 4.57 Å². The van der Waals surface area contributed by atoms with Gasteiger partial charge in [0.05, 0.1) is 18.7 Å². The van der Waals surface area contributed by atoms with E-state index >= 15 is 0 Å². The van der Waals surface area contributed by atoms with Crippen LogP contribution < -0.4 is 10.4 Å². The summed E-state index contributed by atoms with van der Waals surface area (Å²) in [6.07, 6.45) is -0.921. The molecule has 0 aliphatic carbocycles. The van der Waals surface area contributed by atoms with Crippen LogP contribution in [0.4, 0.5) is 0 Å². The number of esters is 1. The number of ether oxygens (including phenoxy) is 2. The summed E-state index contributed by atoms with van der Waals surface area (Å²) in [5.74, 6) is 0.126. The zero-order valence-corrected chi connectivity index (χ0v) is 21.0. The lowest BCUT2D eigenvalue weighted by molar-refractivity contribution is 0.0527. The summed E-state index contributed by atoms with van der Waals surface area (Å²) in [7, 11) is 0. The first-order valence-corrected chi connectivity index (χ1v) is 12.0. The van der Waals surface area contributed by atoms with Crippen molar-refractivity contribution in [2.24, 2.45) is 0 Å². The van der Waals surface area contributed by atoms with Gasteiger partial charge in [-0.1, -0.05) is 30.3 Å². The lowest BCUT2D eigenvalue weighted by atomic mass is 10.1. The number of aryl methyl sites for hydroxylation is 2. The summed E-state index contributed by atoms with van der Waals surface area (Å²) in [5.41, 5.74) is 4.28. The van der Waals surface area contributed by atoms with Crippen LogP contribution in [0.15, 0.2) is 59.4 Å². The third kappa shape index (κ3) is 5.33. The highest BCUT2D eigenvalue weighted by Crippen LogP contribution is 2.31. The van der Waals surface area contributed by atoms with Gasteiger partial charge in [-0.05, 0) is 57.5 Å². The van der Waals surface area contributed by atoms with Gasteiger partial charge in [0.2, 0.25) is 0 Å². The largest absolute Gasteiger partial charge is 0.491 e. The van der Waals surface area contributed by atoms with Crippen LogP contribution in [0.3, 0.4) is 0 Å². The number of carbonyl (C=O) groups excluding carboxylic acids is 1. The summed E-state index contributed by atoms with van der Waals surface area (Å²) in [6, 6.07) is 17.4. The lowest BCUT2D eigenvalue weighted by Gasteiger charge is -2.16. The van der Waals surface area contributed by atoms with Gasteiger partial charge in [0.25, 0.3) is 0 Å². The van der Waals surface area contributed by atoms with Crippen molar-refractivity contribution in [2.75, 3.05) is 13.2 Å². The van der Waals surface area contributed by atoms with Crippen molar-refractivity contribution in [3.05, 3.63) is 93.3 Å². The van der Waals surface area contributed by atoms with Crippen LogP contribution >= 0.6 is 0 Å². The van der Waals surface area contributed by atoms with Gasteiger partial charge in [0, 0.05) is 34.5 Å². The second-order valence-corrected chi connectivity index (χ2v) is 8.83. The van der Waals surface area contributed by atoms with E-state index in [1.54, 1.807) is 32.9 Å². The minimum absolute atomic E-state index is 0.0241. The molecule has 2 aromatic heterocycles. The fraction of sp³-hybridized carbons (Fsp3) is 0.321. The molecule has 2 aromatic carbocycles. The van der Waals surface area contributed by atoms with Crippen molar-refractivity contribution in [2.45, 2.75) is 46.9 Å². The van der Waals surface area contributed by atoms with E-state index in [2.05, 4.69) is 9.55 Å². The Labute approximate surface area is 209 Å². The molecular formula is C28H31N3O5. The highest BCUT2D eigenvalue weighted by Gasteiger charge is 2.22. The summed E-state index contributed by atoms with van der Waals surface area (Å²) >= 11 is 0. The van der Waals surface area contributed by atoms with E-state index in [1.807, 2.05) is 49.4 Å². The second kappa shape index (κ2) is 10.8. The maximum absolute atomic E-state index is 12.9. The molecule has 1 atom stereocenters. The van der Waals surface area contributed by atoms with Gasteiger partial charge < -0.3 is 19.1 Å². The van der Waals surface area contributed by atoms with E-state index in [9.17, 15) is 14.7 Å². The van der Waals surface area contributed by atoms with Gasteiger partial charge >= 0.3 is 11.7 Å². The van der Waals surface area contributed by atoms with Gasteiger partial charge in [0.1, 0.15) is 18.5 Å². The van der Waals surface area contributed by atoms with Crippen LogP contribution in [0.5, 0.6) is 5.75 Å². The fourth-order valence-electron chi connectivity index (χ4n) is 4.43. The van der Waals surface area contributed by atoms with Gasteiger partial charge in [0.15, 0.2) is 0 Å². The van der Waals surface area contributed by atoms with Gasteiger partial charge in [-0.2, -0.15) is 4.98 Å². The first-order chi connectivity index (χ1) is 17.3. The van der Waals surface area contributed by atoms with Crippen LogP contribution in [0, 0.1) is 20.8 Å². The molecule has 0 radical (unpaired) electrons. The molecule has 4 rings (SSSR count). The van der Waals surface area contributed by atoms with Gasteiger partial charge in [-0.15, -0.1) is 0 Å². The zero-order valence-electron chi connectivity index (χ0n) is 21.0. The Balaban J connectivity index is 1.60. The molecule has 36 heavy (non-hydrogen) atoms. The van der Waals surface area contributed by atoms with E-state index in [4.69, 9.17) is 9.47 Å². The van der Waals surface area contributed by atoms with Gasteiger partial charge in [-0.25, -0.2) is 9.59 Å². The topological polar surface area (TPSA) is 95.6 Å². The molecular weight excluding hydrogens is 458 g/mol. The summed E-state index contributed by atoms with van der Waals surface area (Å²) in [6.45, 7) is 8.19. The number of aliphatic hydroxyl groups is 1. The van der Waals surface area contributed by atoms with Crippen molar-refractivity contribution in [1.29, 1.82) is 0 Å². The Hall–Kier alpha value is -3.91. The molecule has 188 valence electrons. The third-order valence-electron chi connectivity index (χ3n) is 6.14. The maximum atomic E-state index is 12.9. The number of carbonyl (C=O) groups is 1. The predicted molar refractivity (Wildman–Crippen MR) is 138 cm³/mol. The minimum atomic E-state index is -0.921. The normalized spacial score (nSPS) is 12.0. The first-order valence-electron chi connectivity index (χ1n) is 12.0. The number of hydrogen-bond donors (Lipinski definition) is 1. The van der Waals surface area contributed by atoms with E-state index in [-0.39, 0.29) is 25.7 Å². The van der Waals surface area contributed by atoms with E-state index in [0.29, 0.717) is 23.6 Å². The van der Waals surface area contributed by atoms with Crippen LogP contribution in [0.25, 0.3) is 10.9 Å². The molecule has 0 saturated heterocycles. The average molecular weight is 490 g/mol. The molecule has 2 heterocycles. The number of nitrogens with zero attached hydrogens (tertiary/aromatic N) is 3. The Bertz CT molecular complexity index is 1440. The number of aliphatic hydroxyl groups excluding tert-OH is 1. The number of benzene rings is 2. The molecule has 8 nitrogen and oxygen atoms in total. The highest BCUT2D eigenvalue weighted by molar-refractivity contribution is 6.06. The van der Waals surface area contributed by atoms with E-state index < -0.39 is 11.8 Å². The van der Waals surface area contributed by atoms with Crippen molar-refractivity contribution < 1.29 is 19.4 Å². The van der Waals surface area contributed by atoms with Crippen LogP contribution in [0.1, 0.15) is 39.9 Å². The standard InChI is InChI=1S/C28H31N3O5/c1-5-35-27(33)26-20(4)31(15-21-9-7-6-8-10-21)25-12-11-23(14-24(25)26)36-17-22(32)16-30-19(3)13-18(2)29-28(30)34/h6-14,22,32H,5,15-17H2,1-4H3/t22-/m1/s1. The number of aromatic nitrogens is 3. The van der Waals surface area contributed by atoms with Crippen LogP contribution in [-0.2, 0) is 17.8 Å². The summed E-state index contributed by atoms with van der Waals surface area (Å²) in [5, 5.41) is 11.3. The number of fused-ring (bicyclic) bond motifs is 1. The van der Waals surface area contributed by atoms with Crippen molar-refractivity contribution in [3.8, 4) is 5.75 Å². The molecule has 1 N–H and O–H groups in total.